The average molecular weight is 278 g/mol. The Labute approximate surface area is 114 Å². The molecule has 7 heteroatoms. The maximum absolute atomic E-state index is 12.3. The van der Waals surface area contributed by atoms with Gasteiger partial charge in [-0.25, -0.2) is 8.42 Å². The Hall–Kier alpha value is -1.34. The molecular weight excluding hydrogens is 263 g/mol. The van der Waals surface area contributed by atoms with Gasteiger partial charge in [0.1, 0.15) is 13.9 Å². The third-order valence-corrected chi connectivity index (χ3v) is 4.64. The fourth-order valence-electron chi connectivity index (χ4n) is 2.14. The summed E-state index contributed by atoms with van der Waals surface area (Å²) < 4.78 is 24.1. The summed E-state index contributed by atoms with van der Waals surface area (Å²) >= 11 is 0. The van der Waals surface area contributed by atoms with E-state index in [4.69, 9.17) is 7.85 Å². The van der Waals surface area contributed by atoms with Crippen LogP contribution in [0.3, 0.4) is 0 Å². The molecule has 1 heterocycles. The molecule has 1 unspecified atom stereocenters. The van der Waals surface area contributed by atoms with Crippen LogP contribution in [0.25, 0.3) is 0 Å². The molecule has 5 nitrogen and oxygen atoms in total. The summed E-state index contributed by atoms with van der Waals surface area (Å²) in [5.41, 5.74) is 1.36. The van der Waals surface area contributed by atoms with Crippen molar-refractivity contribution in [3.8, 4) is 0 Å². The monoisotopic (exact) mass is 278 g/mol. The first-order chi connectivity index (χ1) is 8.80. The van der Waals surface area contributed by atoms with E-state index in [2.05, 4.69) is 0 Å². The fraction of sp³-hybridized carbons (Fsp3) is 0.417. The maximum Gasteiger partial charge on any atom is 0.245 e. The van der Waals surface area contributed by atoms with E-state index in [0.29, 0.717) is 18.4 Å². The van der Waals surface area contributed by atoms with E-state index in [1.54, 1.807) is 29.2 Å². The summed E-state index contributed by atoms with van der Waals surface area (Å²) in [5, 5.41) is 0. The number of hydrogen-bond donors (Lipinski definition) is 0. The number of rotatable bonds is 3. The van der Waals surface area contributed by atoms with Crippen molar-refractivity contribution < 1.29 is 13.2 Å². The summed E-state index contributed by atoms with van der Waals surface area (Å²) in [4.78, 5) is 13.9. The first-order valence-electron chi connectivity index (χ1n) is 5.90. The minimum Gasteiger partial charge on any atom is -0.311 e. The van der Waals surface area contributed by atoms with Crippen molar-refractivity contribution in [1.29, 1.82) is 0 Å². The molecule has 1 aliphatic heterocycles. The van der Waals surface area contributed by atoms with E-state index >= 15 is 0 Å². The Bertz CT molecular complexity index is 585. The minimum absolute atomic E-state index is 0.197. The summed E-state index contributed by atoms with van der Waals surface area (Å²) in [5.74, 6) is -0.197. The Morgan fingerprint density at radius 3 is 2.42 bits per heavy atom. The quantitative estimate of drug-likeness (QED) is 0.699. The lowest BCUT2D eigenvalue weighted by molar-refractivity contribution is -0.120. The van der Waals surface area contributed by atoms with Crippen molar-refractivity contribution >= 4 is 34.9 Å². The zero-order chi connectivity index (χ0) is 14.2. The molecule has 0 saturated carbocycles. The first-order valence-corrected chi connectivity index (χ1v) is 7.75. The van der Waals surface area contributed by atoms with Gasteiger partial charge in [-0.3, -0.25) is 4.79 Å². The number of anilines is 1. The van der Waals surface area contributed by atoms with Crippen LogP contribution in [-0.4, -0.2) is 52.4 Å². The number of carbonyl (C=O) groups is 1. The van der Waals surface area contributed by atoms with Crippen molar-refractivity contribution in [3.05, 3.63) is 24.3 Å². The number of amides is 1. The van der Waals surface area contributed by atoms with E-state index in [9.17, 15) is 13.2 Å². The number of benzene rings is 1. The van der Waals surface area contributed by atoms with Gasteiger partial charge in [-0.2, -0.15) is 4.31 Å². The Kier molecular flexibility index (Phi) is 3.69. The second kappa shape index (κ2) is 4.98. The van der Waals surface area contributed by atoms with Crippen molar-refractivity contribution in [3.63, 3.8) is 0 Å². The number of sulfonamides is 1. The van der Waals surface area contributed by atoms with Gasteiger partial charge in [0.05, 0.1) is 6.26 Å². The van der Waals surface area contributed by atoms with Gasteiger partial charge in [0.25, 0.3) is 0 Å². The highest BCUT2D eigenvalue weighted by Crippen LogP contribution is 2.24. The third-order valence-electron chi connectivity index (χ3n) is 3.34. The van der Waals surface area contributed by atoms with Gasteiger partial charge in [-0.1, -0.05) is 17.6 Å². The second-order valence-corrected chi connectivity index (χ2v) is 6.71. The minimum atomic E-state index is -3.37. The van der Waals surface area contributed by atoms with Gasteiger partial charge in [-0.15, -0.1) is 0 Å². The highest BCUT2D eigenvalue weighted by atomic mass is 32.2. The van der Waals surface area contributed by atoms with Gasteiger partial charge in [0, 0.05) is 19.3 Å². The molecule has 1 aliphatic rings. The summed E-state index contributed by atoms with van der Waals surface area (Å²) in [6.45, 7) is 0.507. The number of likely N-dealkylation sites (N-methyl/N-ethyl adjacent to an activating group) is 1. The van der Waals surface area contributed by atoms with E-state index in [0.717, 1.165) is 16.2 Å². The van der Waals surface area contributed by atoms with Crippen LogP contribution >= 0.6 is 0 Å². The van der Waals surface area contributed by atoms with E-state index in [-0.39, 0.29) is 5.91 Å². The van der Waals surface area contributed by atoms with Crippen molar-refractivity contribution in [2.24, 2.45) is 0 Å². The Morgan fingerprint density at radius 2 is 1.89 bits per heavy atom. The molecule has 19 heavy (non-hydrogen) atoms. The highest BCUT2D eigenvalue weighted by molar-refractivity contribution is 7.88. The molecule has 0 N–H and O–H groups in total. The summed E-state index contributed by atoms with van der Waals surface area (Å²) in [7, 11) is 3.67. The van der Waals surface area contributed by atoms with Gasteiger partial charge >= 0.3 is 0 Å². The average Bonchev–Trinajstić information content (AvgIpc) is 2.70. The number of carbonyl (C=O) groups excluding carboxylic acids is 1. The van der Waals surface area contributed by atoms with Crippen LogP contribution in [0, 0.1) is 0 Å². The topological polar surface area (TPSA) is 57.7 Å². The lowest BCUT2D eigenvalue weighted by Crippen LogP contribution is -2.42. The van der Waals surface area contributed by atoms with Crippen molar-refractivity contribution in [1.82, 2.24) is 4.31 Å². The molecule has 1 aromatic carbocycles. The molecule has 0 spiro atoms. The molecule has 0 aliphatic carbocycles. The Balaban J connectivity index is 2.21. The zero-order valence-electron chi connectivity index (χ0n) is 10.9. The number of nitrogens with zero attached hydrogens (tertiary/aromatic N) is 2. The lowest BCUT2D eigenvalue weighted by Gasteiger charge is -2.21. The molecule has 0 aromatic heterocycles. The zero-order valence-corrected chi connectivity index (χ0v) is 11.7. The van der Waals surface area contributed by atoms with E-state index < -0.39 is 16.1 Å². The predicted octanol–water partition coefficient (Wildman–Crippen LogP) is -0.523. The molecule has 100 valence electrons. The third kappa shape index (κ3) is 2.82. The van der Waals surface area contributed by atoms with Gasteiger partial charge < -0.3 is 4.90 Å². The molecular formula is C12H15BN2O3S. The smallest absolute Gasteiger partial charge is 0.245 e. The van der Waals surface area contributed by atoms with Gasteiger partial charge in [-0.05, 0) is 18.6 Å². The molecule has 1 amide bonds. The maximum atomic E-state index is 12.3. The SMILES string of the molecule is [B]c1ccc(N2CCC(N(C)S(C)(=O)=O)C2=O)cc1. The van der Waals surface area contributed by atoms with Gasteiger partial charge in [0.15, 0.2) is 0 Å². The lowest BCUT2D eigenvalue weighted by atomic mass is 9.96. The predicted molar refractivity (Wildman–Crippen MR) is 75.2 cm³/mol. The van der Waals surface area contributed by atoms with Crippen LogP contribution in [0.4, 0.5) is 5.69 Å². The highest BCUT2D eigenvalue weighted by Gasteiger charge is 2.38. The molecule has 1 aromatic rings. The molecule has 1 atom stereocenters. The molecule has 1 fully saturated rings. The van der Waals surface area contributed by atoms with Crippen LogP contribution in [0.2, 0.25) is 0 Å². The molecule has 2 rings (SSSR count). The molecule has 1 saturated heterocycles. The largest absolute Gasteiger partial charge is 0.311 e. The summed E-state index contributed by atoms with van der Waals surface area (Å²) in [6.07, 6.45) is 1.60. The van der Waals surface area contributed by atoms with Crippen LogP contribution in [0.15, 0.2) is 24.3 Å². The van der Waals surface area contributed by atoms with Crippen LogP contribution in [0.1, 0.15) is 6.42 Å². The Morgan fingerprint density at radius 1 is 1.32 bits per heavy atom. The second-order valence-electron chi connectivity index (χ2n) is 4.67. The molecule has 0 bridgehead atoms. The van der Waals surface area contributed by atoms with Crippen molar-refractivity contribution in [2.45, 2.75) is 12.5 Å². The van der Waals surface area contributed by atoms with Gasteiger partial charge in [0.2, 0.25) is 15.9 Å². The van der Waals surface area contributed by atoms with Crippen LogP contribution in [-0.2, 0) is 14.8 Å². The van der Waals surface area contributed by atoms with E-state index in [1.165, 1.54) is 7.05 Å². The first kappa shape index (κ1) is 14.1. The normalized spacial score (nSPS) is 20.3. The van der Waals surface area contributed by atoms with E-state index in [1.807, 2.05) is 0 Å². The fourth-order valence-corrected chi connectivity index (χ4v) is 2.80. The van der Waals surface area contributed by atoms with Crippen molar-refractivity contribution in [2.75, 3.05) is 24.7 Å². The molecule has 2 radical (unpaired) electrons. The van der Waals surface area contributed by atoms with Crippen LogP contribution < -0.4 is 10.4 Å². The van der Waals surface area contributed by atoms with Crippen LogP contribution in [0.5, 0.6) is 0 Å². The number of hydrogen-bond acceptors (Lipinski definition) is 3. The summed E-state index contributed by atoms with van der Waals surface area (Å²) in [6, 6.07) is 6.34. The standard InChI is InChI=1S/C12H15BN2O3S/c1-14(19(2,17)18)11-7-8-15(12(11)16)10-5-3-9(13)4-6-10/h3-6,11H,7-8H2,1-2H3.